The molecule has 0 radical (unpaired) electrons. The fourth-order valence-electron chi connectivity index (χ4n) is 9.96. The largest absolute Gasteiger partial charge is 0.460 e. The van der Waals surface area contributed by atoms with Gasteiger partial charge in [-0.2, -0.15) is 0 Å². The quantitative estimate of drug-likeness (QED) is 0.168. The zero-order valence-corrected chi connectivity index (χ0v) is 34.1. The van der Waals surface area contributed by atoms with Gasteiger partial charge in [0, 0.05) is 49.6 Å². The monoisotopic (exact) mass is 807 g/mol. The van der Waals surface area contributed by atoms with Crippen LogP contribution in [0.25, 0.3) is 88.9 Å². The lowest BCUT2D eigenvalue weighted by atomic mass is 9.73. The molecule has 3 aromatic heterocycles. The fraction of sp³-hybridized carbons (Fsp3) is 0.0351. The number of rotatable bonds is 6. The third-order valence-electron chi connectivity index (χ3n) is 12.9. The molecule has 1 unspecified atom stereocenters. The lowest BCUT2D eigenvalue weighted by molar-refractivity contribution is 0.382. The first-order valence-electron chi connectivity index (χ1n) is 21.4. The van der Waals surface area contributed by atoms with Crippen LogP contribution in [0.2, 0.25) is 0 Å². The first-order chi connectivity index (χ1) is 31.2. The van der Waals surface area contributed by atoms with Crippen LogP contribution in [0.4, 0.5) is 0 Å². The Morgan fingerprint density at radius 2 is 1.00 bits per heavy atom. The molecule has 1 atom stereocenters. The van der Waals surface area contributed by atoms with Crippen molar-refractivity contribution in [1.29, 1.82) is 0 Å². The molecule has 4 heterocycles. The SMILES string of the molecule is C1=CCC2(c3nc(-c4ccccc4)nc(-c4ccccc4)n3)C(=C1)Oc1ccc(-c3ccc4c(c3)c3ccccc3n4-c3ccc4c5ccccc5n(-c5ccccc5)c4c3)cc12. The van der Waals surface area contributed by atoms with Gasteiger partial charge in [0.05, 0.1) is 22.1 Å². The Morgan fingerprint density at radius 3 is 1.71 bits per heavy atom. The molecule has 2 aliphatic rings. The Bertz CT molecular complexity index is 3620. The second-order valence-corrected chi connectivity index (χ2v) is 16.4. The van der Waals surface area contributed by atoms with Crippen LogP contribution in [0.5, 0.6) is 5.75 Å². The number of hydrogen-bond acceptors (Lipinski definition) is 4. The van der Waals surface area contributed by atoms with E-state index < -0.39 is 5.41 Å². The van der Waals surface area contributed by atoms with E-state index in [2.05, 4.69) is 185 Å². The number of para-hydroxylation sites is 3. The molecule has 11 aromatic rings. The summed E-state index contributed by atoms with van der Waals surface area (Å²) in [4.78, 5) is 15.6. The first kappa shape index (κ1) is 35.4. The number of nitrogens with zero attached hydrogens (tertiary/aromatic N) is 5. The Hall–Kier alpha value is -8.35. The fourth-order valence-corrected chi connectivity index (χ4v) is 9.96. The van der Waals surface area contributed by atoms with Crippen LogP contribution in [0.3, 0.4) is 0 Å². The van der Waals surface area contributed by atoms with Gasteiger partial charge in [0.15, 0.2) is 17.5 Å². The second kappa shape index (κ2) is 13.8. The highest BCUT2D eigenvalue weighted by Crippen LogP contribution is 2.54. The maximum absolute atomic E-state index is 6.72. The minimum Gasteiger partial charge on any atom is -0.460 e. The van der Waals surface area contributed by atoms with Gasteiger partial charge in [0.25, 0.3) is 0 Å². The summed E-state index contributed by atoms with van der Waals surface area (Å²) in [5.74, 6) is 3.58. The lowest BCUT2D eigenvalue weighted by Crippen LogP contribution is -2.31. The van der Waals surface area contributed by atoms with Gasteiger partial charge in [-0.25, -0.2) is 15.0 Å². The number of aromatic nitrogens is 5. The molecule has 0 bridgehead atoms. The molecule has 296 valence electrons. The van der Waals surface area contributed by atoms with Crippen molar-refractivity contribution in [3.63, 3.8) is 0 Å². The number of benzene rings is 8. The van der Waals surface area contributed by atoms with Crippen molar-refractivity contribution in [2.75, 3.05) is 0 Å². The molecule has 0 amide bonds. The van der Waals surface area contributed by atoms with E-state index in [1.165, 1.54) is 32.6 Å². The minimum absolute atomic E-state index is 0.634. The van der Waals surface area contributed by atoms with Gasteiger partial charge in [0.1, 0.15) is 16.9 Å². The number of fused-ring (bicyclic) bond motifs is 9. The molecular formula is C57H37N5O. The number of allylic oxidation sites excluding steroid dienone is 4. The Labute approximate surface area is 363 Å². The van der Waals surface area contributed by atoms with E-state index in [4.69, 9.17) is 19.7 Å². The molecule has 13 rings (SSSR count). The highest BCUT2D eigenvalue weighted by atomic mass is 16.5. The van der Waals surface area contributed by atoms with Gasteiger partial charge in [-0.05, 0) is 84.3 Å². The van der Waals surface area contributed by atoms with Crippen LogP contribution in [0.1, 0.15) is 17.8 Å². The molecule has 0 saturated carbocycles. The van der Waals surface area contributed by atoms with Gasteiger partial charge in [-0.3, -0.25) is 0 Å². The normalized spacial score (nSPS) is 15.5. The van der Waals surface area contributed by atoms with Crippen molar-refractivity contribution in [2.24, 2.45) is 0 Å². The molecule has 1 aliphatic heterocycles. The van der Waals surface area contributed by atoms with Crippen molar-refractivity contribution in [3.8, 4) is 51.0 Å². The summed E-state index contributed by atoms with van der Waals surface area (Å²) in [5, 5.41) is 4.87. The predicted molar refractivity (Wildman–Crippen MR) is 255 cm³/mol. The van der Waals surface area contributed by atoms with Crippen LogP contribution >= 0.6 is 0 Å². The summed E-state index contributed by atoms with van der Waals surface area (Å²) in [6.45, 7) is 0. The van der Waals surface area contributed by atoms with Gasteiger partial charge >= 0.3 is 0 Å². The summed E-state index contributed by atoms with van der Waals surface area (Å²) in [6.07, 6.45) is 6.98. The van der Waals surface area contributed by atoms with Crippen LogP contribution in [-0.2, 0) is 5.41 Å². The number of ether oxygens (including phenoxy) is 1. The van der Waals surface area contributed by atoms with E-state index in [9.17, 15) is 0 Å². The third-order valence-corrected chi connectivity index (χ3v) is 12.9. The Kier molecular flexibility index (Phi) is 7.78. The smallest absolute Gasteiger partial charge is 0.163 e. The second-order valence-electron chi connectivity index (χ2n) is 16.4. The van der Waals surface area contributed by atoms with E-state index in [0.717, 1.165) is 61.7 Å². The van der Waals surface area contributed by atoms with E-state index >= 15 is 0 Å². The zero-order chi connectivity index (χ0) is 41.5. The molecule has 1 aliphatic carbocycles. The van der Waals surface area contributed by atoms with E-state index in [-0.39, 0.29) is 0 Å². The summed E-state index contributed by atoms with van der Waals surface area (Å²) in [7, 11) is 0. The summed E-state index contributed by atoms with van der Waals surface area (Å²) < 4.78 is 11.5. The minimum atomic E-state index is -0.739. The topological polar surface area (TPSA) is 57.8 Å². The molecule has 0 saturated heterocycles. The maximum Gasteiger partial charge on any atom is 0.163 e. The molecular weight excluding hydrogens is 771 g/mol. The summed E-state index contributed by atoms with van der Waals surface area (Å²) in [5.41, 5.74) is 11.3. The van der Waals surface area contributed by atoms with Crippen LogP contribution < -0.4 is 4.74 Å². The van der Waals surface area contributed by atoms with E-state index in [0.29, 0.717) is 23.9 Å². The molecule has 0 fully saturated rings. The molecule has 6 nitrogen and oxygen atoms in total. The highest BCUT2D eigenvalue weighted by Gasteiger charge is 2.50. The average Bonchev–Trinajstić information content (AvgIpc) is 4.00. The van der Waals surface area contributed by atoms with Crippen molar-refractivity contribution in [2.45, 2.75) is 11.8 Å². The van der Waals surface area contributed by atoms with E-state index in [1.807, 2.05) is 36.4 Å². The maximum atomic E-state index is 6.72. The Balaban J connectivity index is 0.971. The van der Waals surface area contributed by atoms with Crippen molar-refractivity contribution in [3.05, 3.63) is 229 Å². The van der Waals surface area contributed by atoms with Crippen molar-refractivity contribution < 1.29 is 4.74 Å². The van der Waals surface area contributed by atoms with Crippen molar-refractivity contribution in [1.82, 2.24) is 24.1 Å². The highest BCUT2D eigenvalue weighted by molar-refractivity contribution is 6.12. The van der Waals surface area contributed by atoms with Gasteiger partial charge in [-0.15, -0.1) is 0 Å². The third kappa shape index (κ3) is 5.41. The molecule has 6 heteroatoms. The first-order valence-corrected chi connectivity index (χ1v) is 21.4. The predicted octanol–water partition coefficient (Wildman–Crippen LogP) is 13.6. The van der Waals surface area contributed by atoms with Gasteiger partial charge in [0.2, 0.25) is 0 Å². The Morgan fingerprint density at radius 1 is 0.429 bits per heavy atom. The van der Waals surface area contributed by atoms with Crippen LogP contribution in [-0.4, -0.2) is 24.1 Å². The van der Waals surface area contributed by atoms with Crippen LogP contribution in [0.15, 0.2) is 218 Å². The standard InChI is InChI=1S/C57H37N5O/c1-4-16-37(17-5-1)54-58-55(38-18-6-2-7-19-38)60-56(59-54)57-33-15-14-26-53(57)63-52-32-28-40(35-47(52)57)39-27-31-50-46(34-39)44-23-11-13-25-49(44)62(50)42-29-30-45-43-22-10-12-24-48(43)61(51(45)36-42)41-20-8-3-9-21-41/h1-32,34-36H,33H2. The number of hydrogen-bond donors (Lipinski definition) is 0. The van der Waals surface area contributed by atoms with Gasteiger partial charge < -0.3 is 13.9 Å². The molecule has 0 spiro atoms. The summed E-state index contributed by atoms with van der Waals surface area (Å²) in [6, 6.07) is 68.7. The van der Waals surface area contributed by atoms with E-state index in [1.54, 1.807) is 0 Å². The van der Waals surface area contributed by atoms with Crippen molar-refractivity contribution >= 4 is 43.6 Å². The van der Waals surface area contributed by atoms with Crippen LogP contribution in [0, 0.1) is 0 Å². The molecule has 63 heavy (non-hydrogen) atoms. The van der Waals surface area contributed by atoms with Gasteiger partial charge in [-0.1, -0.05) is 146 Å². The average molecular weight is 808 g/mol. The lowest BCUT2D eigenvalue weighted by Gasteiger charge is -2.29. The molecule has 0 N–H and O–H groups in total. The summed E-state index contributed by atoms with van der Waals surface area (Å²) >= 11 is 0. The molecule has 8 aromatic carbocycles. The zero-order valence-electron chi connectivity index (χ0n) is 34.1.